The van der Waals surface area contributed by atoms with Gasteiger partial charge < -0.3 is 5.32 Å². The Kier molecular flexibility index (Phi) is 6.05. The summed E-state index contributed by atoms with van der Waals surface area (Å²) in [6.07, 6.45) is 2.37. The number of sulfone groups is 1. The van der Waals surface area contributed by atoms with E-state index in [1.807, 2.05) is 37.3 Å². The lowest BCUT2D eigenvalue weighted by Crippen LogP contribution is -2.14. The van der Waals surface area contributed by atoms with Crippen LogP contribution in [-0.2, 0) is 9.84 Å². The minimum atomic E-state index is -2.84. The quantitative estimate of drug-likeness (QED) is 0.726. The Morgan fingerprint density at radius 3 is 2.35 bits per heavy atom. The Hall–Kier alpha value is -1.03. The van der Waals surface area contributed by atoms with Crippen LogP contribution >= 0.6 is 0 Å². The van der Waals surface area contributed by atoms with Crippen LogP contribution in [0.2, 0.25) is 0 Å². The number of hydrogen-bond acceptors (Lipinski definition) is 3. The molecule has 0 spiro atoms. The summed E-state index contributed by atoms with van der Waals surface area (Å²) in [4.78, 5) is 0. The second-order valence-electron chi connectivity index (χ2n) is 4.15. The summed E-state index contributed by atoms with van der Waals surface area (Å²) in [5.41, 5.74) is 1.04. The first kappa shape index (κ1) is 14.0. The smallest absolute Gasteiger partial charge is 0.150 e. The Bertz CT molecular complexity index is 401. The average Bonchev–Trinajstić information content (AvgIpc) is 2.34. The van der Waals surface area contributed by atoms with Crippen LogP contribution in [-0.4, -0.2) is 26.5 Å². The highest BCUT2D eigenvalue weighted by Crippen LogP contribution is 2.05. The van der Waals surface area contributed by atoms with Crippen LogP contribution in [0.25, 0.3) is 0 Å². The largest absolute Gasteiger partial charge is 0.385 e. The second kappa shape index (κ2) is 7.33. The van der Waals surface area contributed by atoms with E-state index in [4.69, 9.17) is 0 Å². The molecule has 4 heteroatoms. The van der Waals surface area contributed by atoms with Gasteiger partial charge in [0.25, 0.3) is 0 Å². The van der Waals surface area contributed by atoms with Crippen LogP contribution < -0.4 is 5.32 Å². The number of rotatable bonds is 8. The summed E-state index contributed by atoms with van der Waals surface area (Å²) in [5, 5.41) is 3.21. The van der Waals surface area contributed by atoms with Crippen LogP contribution in [0.1, 0.15) is 26.2 Å². The average molecular weight is 255 g/mol. The maximum atomic E-state index is 11.6. The number of anilines is 1. The van der Waals surface area contributed by atoms with E-state index in [2.05, 4.69) is 5.32 Å². The number of benzene rings is 1. The van der Waals surface area contributed by atoms with Gasteiger partial charge in [-0.25, -0.2) is 8.42 Å². The molecule has 0 unspecified atom stereocenters. The zero-order valence-electron chi connectivity index (χ0n) is 10.4. The van der Waals surface area contributed by atoms with E-state index >= 15 is 0 Å². The van der Waals surface area contributed by atoms with E-state index in [1.165, 1.54) is 0 Å². The molecule has 0 saturated carbocycles. The SMILES string of the molecule is CCCCS(=O)(=O)CCCNc1ccccc1. The molecule has 17 heavy (non-hydrogen) atoms. The normalized spacial score (nSPS) is 11.4. The van der Waals surface area contributed by atoms with Crippen molar-refractivity contribution in [3.63, 3.8) is 0 Å². The highest BCUT2D eigenvalue weighted by molar-refractivity contribution is 7.91. The predicted octanol–water partition coefficient (Wildman–Crippen LogP) is 2.70. The van der Waals surface area contributed by atoms with Gasteiger partial charge in [0.05, 0.1) is 11.5 Å². The summed E-state index contributed by atoms with van der Waals surface area (Å²) in [6, 6.07) is 9.83. The monoisotopic (exact) mass is 255 g/mol. The molecule has 0 heterocycles. The maximum Gasteiger partial charge on any atom is 0.150 e. The van der Waals surface area contributed by atoms with Crippen molar-refractivity contribution in [3.8, 4) is 0 Å². The molecule has 1 N–H and O–H groups in total. The number of para-hydroxylation sites is 1. The lowest BCUT2D eigenvalue weighted by atomic mass is 10.3. The number of nitrogens with one attached hydrogen (secondary N) is 1. The zero-order chi connectivity index (χ0) is 12.6. The molecular weight excluding hydrogens is 234 g/mol. The first-order chi connectivity index (χ1) is 8.14. The summed E-state index contributed by atoms with van der Waals surface area (Å²) in [7, 11) is -2.84. The fourth-order valence-corrected chi connectivity index (χ4v) is 3.06. The number of hydrogen-bond donors (Lipinski definition) is 1. The third kappa shape index (κ3) is 6.31. The molecule has 1 rings (SSSR count). The summed E-state index contributed by atoms with van der Waals surface area (Å²) < 4.78 is 23.1. The second-order valence-corrected chi connectivity index (χ2v) is 6.46. The van der Waals surface area contributed by atoms with Crippen LogP contribution in [0.5, 0.6) is 0 Å². The fraction of sp³-hybridized carbons (Fsp3) is 0.538. The molecule has 3 nitrogen and oxygen atoms in total. The number of unbranched alkanes of at least 4 members (excludes halogenated alkanes) is 1. The topological polar surface area (TPSA) is 46.2 Å². The first-order valence-corrected chi connectivity index (χ1v) is 7.95. The first-order valence-electron chi connectivity index (χ1n) is 6.13. The Balaban J connectivity index is 2.20. The molecule has 1 aromatic rings. The highest BCUT2D eigenvalue weighted by Gasteiger charge is 2.08. The van der Waals surface area contributed by atoms with Crippen molar-refractivity contribution in [1.82, 2.24) is 0 Å². The van der Waals surface area contributed by atoms with E-state index < -0.39 is 9.84 Å². The van der Waals surface area contributed by atoms with Crippen molar-refractivity contribution in [2.75, 3.05) is 23.4 Å². The third-order valence-electron chi connectivity index (χ3n) is 2.54. The van der Waals surface area contributed by atoms with Crippen molar-refractivity contribution >= 4 is 15.5 Å². The molecule has 1 aromatic carbocycles. The minimum Gasteiger partial charge on any atom is -0.385 e. The van der Waals surface area contributed by atoms with Crippen LogP contribution in [0.3, 0.4) is 0 Å². The molecule has 0 bridgehead atoms. The van der Waals surface area contributed by atoms with Crippen LogP contribution in [0, 0.1) is 0 Å². The molecule has 96 valence electrons. The van der Waals surface area contributed by atoms with Gasteiger partial charge in [-0.2, -0.15) is 0 Å². The predicted molar refractivity (Wildman–Crippen MR) is 73.1 cm³/mol. The third-order valence-corrected chi connectivity index (χ3v) is 4.37. The zero-order valence-corrected chi connectivity index (χ0v) is 11.2. The van der Waals surface area contributed by atoms with Gasteiger partial charge in [-0.1, -0.05) is 31.5 Å². The van der Waals surface area contributed by atoms with E-state index in [0.717, 1.165) is 18.5 Å². The van der Waals surface area contributed by atoms with E-state index in [0.29, 0.717) is 18.7 Å². The summed E-state index contributed by atoms with van der Waals surface area (Å²) in [6.45, 7) is 2.71. The molecule has 0 aliphatic rings. The minimum absolute atomic E-state index is 0.285. The van der Waals surface area contributed by atoms with Crippen LogP contribution in [0.15, 0.2) is 30.3 Å². The van der Waals surface area contributed by atoms with Gasteiger partial charge in [0.2, 0.25) is 0 Å². The van der Waals surface area contributed by atoms with Crippen molar-refractivity contribution < 1.29 is 8.42 Å². The molecule has 0 saturated heterocycles. The van der Waals surface area contributed by atoms with Crippen LogP contribution in [0.4, 0.5) is 5.69 Å². The lowest BCUT2D eigenvalue weighted by molar-refractivity contribution is 0.590. The Morgan fingerprint density at radius 2 is 1.71 bits per heavy atom. The van der Waals surface area contributed by atoms with Gasteiger partial charge in [0.1, 0.15) is 9.84 Å². The molecule has 0 amide bonds. The molecule has 0 fully saturated rings. The van der Waals surface area contributed by atoms with Crippen molar-refractivity contribution in [2.45, 2.75) is 26.2 Å². The van der Waals surface area contributed by atoms with Gasteiger partial charge in [0, 0.05) is 12.2 Å². The van der Waals surface area contributed by atoms with Crippen molar-refractivity contribution in [3.05, 3.63) is 30.3 Å². The molecule has 0 radical (unpaired) electrons. The van der Waals surface area contributed by atoms with E-state index in [1.54, 1.807) is 0 Å². The van der Waals surface area contributed by atoms with Gasteiger partial charge in [-0.15, -0.1) is 0 Å². The summed E-state index contributed by atoms with van der Waals surface area (Å²) >= 11 is 0. The fourth-order valence-electron chi connectivity index (χ4n) is 1.55. The van der Waals surface area contributed by atoms with Gasteiger partial charge >= 0.3 is 0 Å². The van der Waals surface area contributed by atoms with Gasteiger partial charge in [0.15, 0.2) is 0 Å². The summed E-state index contributed by atoms with van der Waals surface area (Å²) in [5.74, 6) is 0.613. The van der Waals surface area contributed by atoms with E-state index in [9.17, 15) is 8.42 Å². The molecular formula is C13H21NO2S. The Labute approximate surface area is 104 Å². The molecule has 0 aliphatic carbocycles. The molecule has 0 atom stereocenters. The molecule has 0 aliphatic heterocycles. The van der Waals surface area contributed by atoms with Gasteiger partial charge in [-0.05, 0) is 25.0 Å². The van der Waals surface area contributed by atoms with Gasteiger partial charge in [-0.3, -0.25) is 0 Å². The molecule has 0 aromatic heterocycles. The Morgan fingerprint density at radius 1 is 1.06 bits per heavy atom. The maximum absolute atomic E-state index is 11.6. The van der Waals surface area contributed by atoms with E-state index in [-0.39, 0.29) is 5.75 Å². The lowest BCUT2D eigenvalue weighted by Gasteiger charge is -2.06. The standard InChI is InChI=1S/C13H21NO2S/c1-2-3-11-17(15,16)12-7-10-14-13-8-5-4-6-9-13/h4-6,8-9,14H,2-3,7,10-12H2,1H3. The van der Waals surface area contributed by atoms with Crippen molar-refractivity contribution in [1.29, 1.82) is 0 Å². The van der Waals surface area contributed by atoms with Crippen molar-refractivity contribution in [2.24, 2.45) is 0 Å². The highest BCUT2D eigenvalue weighted by atomic mass is 32.2.